The van der Waals surface area contributed by atoms with E-state index in [0.717, 1.165) is 16.3 Å². The van der Waals surface area contributed by atoms with E-state index in [9.17, 15) is 10.0 Å². The van der Waals surface area contributed by atoms with Crippen molar-refractivity contribution in [1.82, 2.24) is 10.0 Å². The Labute approximate surface area is 107 Å². The Morgan fingerprint density at radius 2 is 1.94 bits per heavy atom. The minimum Gasteiger partial charge on any atom is -0.461 e. The largest absolute Gasteiger partial charge is 0.461 e. The third-order valence-corrected chi connectivity index (χ3v) is 3.60. The molecule has 1 aliphatic rings. The predicted octanol–water partition coefficient (Wildman–Crippen LogP) is 2.32. The minimum absolute atomic E-state index is 0.336. The molecule has 18 heavy (non-hydrogen) atoms. The van der Waals surface area contributed by atoms with Crippen LogP contribution in [0, 0.1) is 0 Å². The van der Waals surface area contributed by atoms with Gasteiger partial charge >= 0.3 is 5.97 Å². The van der Waals surface area contributed by atoms with Crippen LogP contribution in [0.2, 0.25) is 0 Å². The van der Waals surface area contributed by atoms with Gasteiger partial charge in [-0.15, -0.1) is 10.3 Å². The van der Waals surface area contributed by atoms with Crippen LogP contribution in [-0.4, -0.2) is 22.6 Å². The monoisotopic (exact) mass is 251 g/mol. The molecule has 1 aliphatic heterocycles. The molecule has 0 saturated heterocycles. The third-order valence-electron chi connectivity index (χ3n) is 3.60. The fourth-order valence-corrected chi connectivity index (χ4v) is 2.65. The van der Waals surface area contributed by atoms with Crippen molar-refractivity contribution in [2.24, 2.45) is 0 Å². The molecule has 1 N–H and O–H groups in total. The van der Waals surface area contributed by atoms with Crippen molar-refractivity contribution >= 4 is 5.97 Å². The number of carbonyl (C=O) groups is 1. The number of ether oxygens (including phenoxy) is 1. The van der Waals surface area contributed by atoms with E-state index in [1.54, 1.807) is 13.0 Å². The first-order valence-electron chi connectivity index (χ1n) is 6.11. The molecule has 1 aromatic heterocycles. The van der Waals surface area contributed by atoms with Gasteiger partial charge in [-0.2, -0.15) is 0 Å². The molecule has 2 heterocycles. The maximum absolute atomic E-state index is 12.3. The molecule has 5 heteroatoms. The summed E-state index contributed by atoms with van der Waals surface area (Å²) < 4.78 is 4.97. The first kappa shape index (κ1) is 13.1. The van der Waals surface area contributed by atoms with E-state index >= 15 is 0 Å². The van der Waals surface area contributed by atoms with Gasteiger partial charge in [-0.25, -0.2) is 4.79 Å². The number of H-pyrrole nitrogens is 1. The van der Waals surface area contributed by atoms with E-state index in [2.05, 4.69) is 4.98 Å². The molecule has 0 atom stereocenters. The lowest BCUT2D eigenvalue weighted by Crippen LogP contribution is -2.42. The number of nitrogens with one attached hydrogen (secondary N) is 1. The van der Waals surface area contributed by atoms with Crippen LogP contribution in [0.3, 0.4) is 0 Å². The smallest absolute Gasteiger partial charge is 0.354 e. The van der Waals surface area contributed by atoms with Gasteiger partial charge in [-0.3, -0.25) is 0 Å². The van der Waals surface area contributed by atoms with Gasteiger partial charge in [0, 0.05) is 5.69 Å². The number of hydrogen-bond acceptors (Lipinski definition) is 3. The zero-order chi connectivity index (χ0) is 13.7. The van der Waals surface area contributed by atoms with Crippen LogP contribution in [0.4, 0.5) is 0 Å². The quantitative estimate of drug-likeness (QED) is 0.820. The predicted molar refractivity (Wildman–Crippen MR) is 65.3 cm³/mol. The Bertz CT molecular complexity index is 455. The van der Waals surface area contributed by atoms with Gasteiger partial charge in [0.25, 0.3) is 0 Å². The number of hydrogen-bond donors (Lipinski definition) is 1. The molecule has 0 fully saturated rings. The van der Waals surface area contributed by atoms with E-state index in [1.807, 2.05) is 27.7 Å². The van der Waals surface area contributed by atoms with Crippen molar-refractivity contribution in [2.75, 3.05) is 6.61 Å². The lowest BCUT2D eigenvalue weighted by atomic mass is 9.97. The number of hydroxylamine groups is 2. The zero-order valence-electron chi connectivity index (χ0n) is 11.5. The lowest BCUT2D eigenvalue weighted by Gasteiger charge is -2.32. The van der Waals surface area contributed by atoms with Crippen molar-refractivity contribution in [3.05, 3.63) is 23.0 Å². The van der Waals surface area contributed by atoms with Crippen molar-refractivity contribution in [2.45, 2.75) is 45.7 Å². The fraction of sp³-hybridized carbons (Fsp3) is 0.615. The number of fused-ring (bicyclic) bond motifs is 1. The third kappa shape index (κ3) is 1.58. The highest BCUT2D eigenvalue weighted by Gasteiger charge is 2.51. The van der Waals surface area contributed by atoms with Gasteiger partial charge < -0.3 is 9.72 Å². The van der Waals surface area contributed by atoms with Gasteiger partial charge in [-0.05, 0) is 46.2 Å². The Kier molecular flexibility index (Phi) is 2.79. The summed E-state index contributed by atoms with van der Waals surface area (Å²) in [5.41, 5.74) is 0.774. The van der Waals surface area contributed by atoms with Crippen LogP contribution in [-0.2, 0) is 21.0 Å². The number of nitrogens with zero attached hydrogens (tertiary/aromatic N) is 1. The number of carbonyl (C=O) groups excluding carboxylic acids is 1. The Morgan fingerprint density at radius 1 is 1.33 bits per heavy atom. The molecule has 0 spiro atoms. The molecule has 0 aromatic carbocycles. The maximum atomic E-state index is 12.3. The SMILES string of the molecule is CCOC(=O)c1cc2c([nH]1)C(C)(C)N([O])C2(C)C. The Hall–Kier alpha value is -1.33. The van der Waals surface area contributed by atoms with Gasteiger partial charge in [0.05, 0.1) is 17.7 Å². The summed E-state index contributed by atoms with van der Waals surface area (Å²) in [5.74, 6) is -0.379. The van der Waals surface area contributed by atoms with Crippen LogP contribution in [0.1, 0.15) is 56.4 Å². The van der Waals surface area contributed by atoms with Crippen molar-refractivity contribution in [3.63, 3.8) is 0 Å². The molecular formula is C13H19N2O3. The number of aromatic amines is 1. The Balaban J connectivity index is 2.48. The summed E-state index contributed by atoms with van der Waals surface area (Å²) in [6.45, 7) is 9.51. The molecule has 0 amide bonds. The van der Waals surface area contributed by atoms with E-state index < -0.39 is 11.1 Å². The first-order chi connectivity index (χ1) is 8.22. The standard InChI is InChI=1S/C13H19N2O3/c1-6-18-11(16)9-7-8-10(14-9)13(4,5)15(17)12(8,2)3/h7,14H,6H2,1-5H3. The van der Waals surface area contributed by atoms with Gasteiger partial charge in [-0.1, -0.05) is 0 Å². The molecule has 99 valence electrons. The molecule has 1 radical (unpaired) electrons. The molecule has 1 aromatic rings. The number of aromatic nitrogens is 1. The highest BCUT2D eigenvalue weighted by molar-refractivity contribution is 5.88. The average Bonchev–Trinajstić information content (AvgIpc) is 2.78. The fourth-order valence-electron chi connectivity index (χ4n) is 2.65. The van der Waals surface area contributed by atoms with Crippen LogP contribution in [0.25, 0.3) is 0 Å². The van der Waals surface area contributed by atoms with Crippen LogP contribution >= 0.6 is 0 Å². The molecule has 0 unspecified atom stereocenters. The first-order valence-corrected chi connectivity index (χ1v) is 6.11. The number of rotatable bonds is 2. The Morgan fingerprint density at radius 3 is 2.44 bits per heavy atom. The molecule has 2 rings (SSSR count). The number of esters is 1. The topological polar surface area (TPSA) is 65.2 Å². The highest BCUT2D eigenvalue weighted by Crippen LogP contribution is 2.48. The van der Waals surface area contributed by atoms with E-state index in [0.29, 0.717) is 12.3 Å². The lowest BCUT2D eigenvalue weighted by molar-refractivity contribution is -0.266. The van der Waals surface area contributed by atoms with Crippen molar-refractivity contribution < 1.29 is 14.7 Å². The van der Waals surface area contributed by atoms with Crippen LogP contribution < -0.4 is 0 Å². The maximum Gasteiger partial charge on any atom is 0.354 e. The highest BCUT2D eigenvalue weighted by atomic mass is 16.5. The molecule has 5 nitrogen and oxygen atoms in total. The molecular weight excluding hydrogens is 232 g/mol. The summed E-state index contributed by atoms with van der Waals surface area (Å²) in [6, 6.07) is 1.73. The normalized spacial score (nSPS) is 20.8. The van der Waals surface area contributed by atoms with E-state index in [4.69, 9.17) is 4.74 Å². The van der Waals surface area contributed by atoms with E-state index in [-0.39, 0.29) is 5.97 Å². The summed E-state index contributed by atoms with van der Waals surface area (Å²) in [7, 11) is 0. The molecule has 0 aliphatic carbocycles. The summed E-state index contributed by atoms with van der Waals surface area (Å²) in [5, 5.41) is 13.3. The van der Waals surface area contributed by atoms with Crippen molar-refractivity contribution in [1.29, 1.82) is 0 Å². The van der Waals surface area contributed by atoms with Gasteiger partial charge in [0.2, 0.25) is 0 Å². The molecule has 0 saturated carbocycles. The summed E-state index contributed by atoms with van der Waals surface area (Å²) in [4.78, 5) is 14.7. The second-order valence-electron chi connectivity index (χ2n) is 5.60. The van der Waals surface area contributed by atoms with Crippen LogP contribution in [0.5, 0.6) is 0 Å². The molecule has 0 bridgehead atoms. The zero-order valence-corrected chi connectivity index (χ0v) is 11.5. The van der Waals surface area contributed by atoms with Crippen LogP contribution in [0.15, 0.2) is 6.07 Å². The minimum atomic E-state index is -0.663. The van der Waals surface area contributed by atoms with E-state index in [1.165, 1.54) is 0 Å². The van der Waals surface area contributed by atoms with Gasteiger partial charge in [0.15, 0.2) is 0 Å². The second kappa shape index (κ2) is 3.83. The summed E-state index contributed by atoms with van der Waals surface area (Å²) >= 11 is 0. The average molecular weight is 251 g/mol. The van der Waals surface area contributed by atoms with Gasteiger partial charge in [0.1, 0.15) is 5.69 Å². The second-order valence-corrected chi connectivity index (χ2v) is 5.60. The van der Waals surface area contributed by atoms with Crippen molar-refractivity contribution in [3.8, 4) is 0 Å². The summed E-state index contributed by atoms with van der Waals surface area (Å²) in [6.07, 6.45) is 0.